The maximum absolute atomic E-state index is 12.3. The molecule has 2 amide bonds. The van der Waals surface area contributed by atoms with Crippen molar-refractivity contribution >= 4 is 17.8 Å². The predicted octanol–water partition coefficient (Wildman–Crippen LogP) is 1.40. The van der Waals surface area contributed by atoms with E-state index in [2.05, 4.69) is 20.4 Å². The molecule has 3 rings (SSSR count). The molecule has 0 aromatic carbocycles. The molecule has 134 valence electrons. The number of carbonyl (C=O) groups is 1. The first-order valence-electron chi connectivity index (χ1n) is 8.92. The monoisotopic (exact) mass is 353 g/mol. The number of hydrogen-bond acceptors (Lipinski definition) is 6. The number of aromatic nitrogens is 2. The van der Waals surface area contributed by atoms with E-state index in [9.17, 15) is 4.79 Å². The maximum Gasteiger partial charge on any atom is 0.317 e. The summed E-state index contributed by atoms with van der Waals surface area (Å²) in [6.45, 7) is 6.62. The van der Waals surface area contributed by atoms with Gasteiger partial charge in [-0.25, -0.2) is 4.79 Å². The van der Waals surface area contributed by atoms with Crippen molar-refractivity contribution in [1.29, 1.82) is 0 Å². The second-order valence-electron chi connectivity index (χ2n) is 6.31. The van der Waals surface area contributed by atoms with Gasteiger partial charge < -0.3 is 14.7 Å². The van der Waals surface area contributed by atoms with E-state index in [1.165, 1.54) is 24.6 Å². The minimum absolute atomic E-state index is 0.0258. The number of likely N-dealkylation sites (tertiary alicyclic amines) is 1. The van der Waals surface area contributed by atoms with Crippen LogP contribution in [0.15, 0.2) is 4.52 Å². The molecule has 0 aliphatic carbocycles. The van der Waals surface area contributed by atoms with Crippen LogP contribution in [0.1, 0.15) is 31.5 Å². The van der Waals surface area contributed by atoms with Crippen molar-refractivity contribution in [2.24, 2.45) is 0 Å². The second kappa shape index (κ2) is 8.71. The van der Waals surface area contributed by atoms with Crippen LogP contribution in [0.3, 0.4) is 0 Å². The molecule has 2 fully saturated rings. The topological polar surface area (TPSA) is 74.5 Å². The van der Waals surface area contributed by atoms with Crippen LogP contribution in [-0.2, 0) is 12.8 Å². The number of amides is 2. The summed E-state index contributed by atoms with van der Waals surface area (Å²) in [7, 11) is 0. The zero-order chi connectivity index (χ0) is 16.8. The number of carbonyl (C=O) groups excluding carboxylic acids is 1. The lowest BCUT2D eigenvalue weighted by atomic mass is 10.0. The Morgan fingerprint density at radius 2 is 2.04 bits per heavy atom. The first kappa shape index (κ1) is 17.5. The Hall–Kier alpha value is -1.28. The van der Waals surface area contributed by atoms with Gasteiger partial charge >= 0.3 is 6.03 Å². The number of nitrogens with zero attached hydrogens (tertiary/aromatic N) is 4. The molecule has 2 aliphatic heterocycles. The summed E-state index contributed by atoms with van der Waals surface area (Å²) in [5, 5.41) is 6.82. The zero-order valence-corrected chi connectivity index (χ0v) is 15.2. The van der Waals surface area contributed by atoms with Crippen molar-refractivity contribution in [2.45, 2.75) is 38.6 Å². The van der Waals surface area contributed by atoms with Crippen LogP contribution in [0.25, 0.3) is 0 Å². The first-order chi connectivity index (χ1) is 11.8. The van der Waals surface area contributed by atoms with Gasteiger partial charge in [-0.3, -0.25) is 4.90 Å². The van der Waals surface area contributed by atoms with E-state index in [4.69, 9.17) is 4.52 Å². The lowest BCUT2D eigenvalue weighted by molar-refractivity contribution is 0.124. The van der Waals surface area contributed by atoms with Gasteiger partial charge in [0.1, 0.15) is 0 Å². The van der Waals surface area contributed by atoms with Crippen LogP contribution in [-0.4, -0.2) is 76.2 Å². The minimum Gasteiger partial charge on any atom is -0.339 e. The van der Waals surface area contributed by atoms with Gasteiger partial charge in [0.2, 0.25) is 5.89 Å². The van der Waals surface area contributed by atoms with Gasteiger partial charge in [0.25, 0.3) is 0 Å². The molecule has 1 N–H and O–H groups in total. The van der Waals surface area contributed by atoms with Crippen molar-refractivity contribution < 1.29 is 9.32 Å². The third-order valence-corrected chi connectivity index (χ3v) is 5.70. The highest BCUT2D eigenvalue weighted by molar-refractivity contribution is 7.99. The van der Waals surface area contributed by atoms with E-state index in [1.54, 1.807) is 0 Å². The predicted molar refractivity (Wildman–Crippen MR) is 94.3 cm³/mol. The SMILES string of the molecule is CCc1noc(CCNC(=O)N2CCC(N3CCSCC3)CC2)n1. The number of urea groups is 1. The van der Waals surface area contributed by atoms with E-state index in [-0.39, 0.29) is 6.03 Å². The number of thioether (sulfide) groups is 1. The summed E-state index contributed by atoms with van der Waals surface area (Å²) in [5.41, 5.74) is 0. The Morgan fingerprint density at radius 3 is 2.71 bits per heavy atom. The molecule has 0 atom stereocenters. The molecule has 0 spiro atoms. The van der Waals surface area contributed by atoms with Crippen molar-refractivity contribution in [3.8, 4) is 0 Å². The van der Waals surface area contributed by atoms with Crippen molar-refractivity contribution in [3.63, 3.8) is 0 Å². The number of aryl methyl sites for hydroxylation is 1. The Kier molecular flexibility index (Phi) is 6.37. The molecule has 1 aromatic rings. The minimum atomic E-state index is 0.0258. The quantitative estimate of drug-likeness (QED) is 0.862. The molecule has 2 aliphatic rings. The molecule has 0 unspecified atom stereocenters. The average Bonchev–Trinajstić information content (AvgIpc) is 3.10. The molecule has 7 nitrogen and oxygen atoms in total. The summed E-state index contributed by atoms with van der Waals surface area (Å²) < 4.78 is 5.13. The lowest BCUT2D eigenvalue weighted by Crippen LogP contribution is -2.51. The number of rotatable bonds is 5. The van der Waals surface area contributed by atoms with Crippen LogP contribution in [0.4, 0.5) is 4.79 Å². The standard InChI is InChI=1S/C16H27N5O2S/c1-2-14-18-15(23-19-14)3-6-17-16(22)21-7-4-13(5-8-21)20-9-11-24-12-10-20/h13H,2-12H2,1H3,(H,17,22). The van der Waals surface area contributed by atoms with E-state index < -0.39 is 0 Å². The van der Waals surface area contributed by atoms with Gasteiger partial charge in [0.05, 0.1) is 0 Å². The number of piperidine rings is 1. The number of nitrogens with one attached hydrogen (secondary N) is 1. The van der Waals surface area contributed by atoms with Crippen LogP contribution >= 0.6 is 11.8 Å². The van der Waals surface area contributed by atoms with Gasteiger partial charge in [-0.05, 0) is 12.8 Å². The maximum atomic E-state index is 12.3. The van der Waals surface area contributed by atoms with Gasteiger partial charge in [-0.2, -0.15) is 16.7 Å². The fraction of sp³-hybridized carbons (Fsp3) is 0.812. The molecule has 0 saturated carbocycles. The van der Waals surface area contributed by atoms with E-state index in [0.29, 0.717) is 24.9 Å². The highest BCUT2D eigenvalue weighted by atomic mass is 32.2. The van der Waals surface area contributed by atoms with E-state index in [1.807, 2.05) is 23.6 Å². The Morgan fingerprint density at radius 1 is 1.29 bits per heavy atom. The molecule has 1 aromatic heterocycles. The molecule has 0 radical (unpaired) electrons. The number of hydrogen-bond donors (Lipinski definition) is 1. The fourth-order valence-corrected chi connectivity index (χ4v) is 4.23. The van der Waals surface area contributed by atoms with E-state index >= 15 is 0 Å². The van der Waals surface area contributed by atoms with Gasteiger partial charge in [-0.1, -0.05) is 12.1 Å². The van der Waals surface area contributed by atoms with Gasteiger partial charge in [0, 0.05) is 63.1 Å². The molecular weight excluding hydrogens is 326 g/mol. The highest BCUT2D eigenvalue weighted by Gasteiger charge is 2.27. The van der Waals surface area contributed by atoms with Crippen LogP contribution in [0.5, 0.6) is 0 Å². The van der Waals surface area contributed by atoms with E-state index in [0.717, 1.165) is 38.2 Å². The normalized spacial score (nSPS) is 20.3. The van der Waals surface area contributed by atoms with Gasteiger partial charge in [-0.15, -0.1) is 0 Å². The van der Waals surface area contributed by atoms with Crippen LogP contribution in [0, 0.1) is 0 Å². The van der Waals surface area contributed by atoms with Crippen LogP contribution in [0.2, 0.25) is 0 Å². The Labute approximate surface area is 147 Å². The highest BCUT2D eigenvalue weighted by Crippen LogP contribution is 2.20. The Balaban J connectivity index is 1.35. The molecule has 3 heterocycles. The first-order valence-corrected chi connectivity index (χ1v) is 10.1. The smallest absolute Gasteiger partial charge is 0.317 e. The average molecular weight is 353 g/mol. The lowest BCUT2D eigenvalue weighted by Gasteiger charge is -2.40. The summed E-state index contributed by atoms with van der Waals surface area (Å²) >= 11 is 2.04. The molecule has 0 bridgehead atoms. The Bertz CT molecular complexity index is 524. The van der Waals surface area contributed by atoms with Crippen molar-refractivity contribution in [2.75, 3.05) is 44.2 Å². The summed E-state index contributed by atoms with van der Waals surface area (Å²) in [6, 6.07) is 0.679. The summed E-state index contributed by atoms with van der Waals surface area (Å²) in [5.74, 6) is 3.80. The van der Waals surface area contributed by atoms with Crippen molar-refractivity contribution in [1.82, 2.24) is 25.3 Å². The third-order valence-electron chi connectivity index (χ3n) is 4.76. The third kappa shape index (κ3) is 4.63. The largest absolute Gasteiger partial charge is 0.339 e. The molecule has 2 saturated heterocycles. The second-order valence-corrected chi connectivity index (χ2v) is 7.53. The molecule has 8 heteroatoms. The fourth-order valence-electron chi connectivity index (χ4n) is 3.30. The summed E-state index contributed by atoms with van der Waals surface area (Å²) in [6.07, 6.45) is 3.52. The molecule has 24 heavy (non-hydrogen) atoms. The van der Waals surface area contributed by atoms with Crippen molar-refractivity contribution in [3.05, 3.63) is 11.7 Å². The van der Waals surface area contributed by atoms with Gasteiger partial charge in [0.15, 0.2) is 5.82 Å². The summed E-state index contributed by atoms with van der Waals surface area (Å²) in [4.78, 5) is 21.0. The zero-order valence-electron chi connectivity index (χ0n) is 14.4. The molecular formula is C16H27N5O2S. The van der Waals surface area contributed by atoms with Crippen LogP contribution < -0.4 is 5.32 Å².